The summed E-state index contributed by atoms with van der Waals surface area (Å²) in [7, 11) is -3.78. The van der Waals surface area contributed by atoms with Gasteiger partial charge in [-0.05, 0) is 44.2 Å². The molecule has 154 valence electrons. The summed E-state index contributed by atoms with van der Waals surface area (Å²) in [6, 6.07) is 7.62. The number of rotatable bonds is 3. The van der Waals surface area contributed by atoms with Gasteiger partial charge in [0, 0.05) is 26.2 Å². The number of fused-ring (bicyclic) bond motifs is 1. The Bertz CT molecular complexity index is 1050. The van der Waals surface area contributed by atoms with Crippen molar-refractivity contribution >= 4 is 27.5 Å². The Hall–Kier alpha value is -2.85. The SMILES string of the molecule is CC1(C)Oc2ccc(S(=O)(=O)N3CCN(C(=O)c4ccco4)CC3)cc2NC1=O. The fourth-order valence-corrected chi connectivity index (χ4v) is 4.74. The van der Waals surface area contributed by atoms with Gasteiger partial charge in [0.25, 0.3) is 11.8 Å². The highest BCUT2D eigenvalue weighted by molar-refractivity contribution is 7.89. The molecule has 0 bridgehead atoms. The Labute approximate surface area is 168 Å². The molecule has 2 aromatic rings. The minimum atomic E-state index is -3.78. The van der Waals surface area contributed by atoms with Crippen LogP contribution in [0.15, 0.2) is 45.9 Å². The van der Waals surface area contributed by atoms with Crippen LogP contribution in [0.2, 0.25) is 0 Å². The van der Waals surface area contributed by atoms with Crippen molar-refractivity contribution in [2.45, 2.75) is 24.3 Å². The molecule has 0 radical (unpaired) electrons. The number of piperazine rings is 1. The van der Waals surface area contributed by atoms with Crippen LogP contribution in [-0.4, -0.2) is 61.2 Å². The van der Waals surface area contributed by atoms with Gasteiger partial charge in [-0.25, -0.2) is 8.42 Å². The number of anilines is 1. The molecule has 29 heavy (non-hydrogen) atoms. The highest BCUT2D eigenvalue weighted by Gasteiger charge is 2.37. The third kappa shape index (κ3) is 3.49. The van der Waals surface area contributed by atoms with Gasteiger partial charge in [0.05, 0.1) is 16.8 Å². The van der Waals surface area contributed by atoms with Gasteiger partial charge in [-0.15, -0.1) is 0 Å². The summed E-state index contributed by atoms with van der Waals surface area (Å²) in [5, 5.41) is 2.69. The molecule has 0 aliphatic carbocycles. The number of carbonyl (C=O) groups is 2. The number of benzene rings is 1. The second-order valence-electron chi connectivity index (χ2n) is 7.40. The quantitative estimate of drug-likeness (QED) is 0.808. The number of nitrogens with one attached hydrogen (secondary N) is 1. The lowest BCUT2D eigenvalue weighted by Crippen LogP contribution is -2.50. The van der Waals surface area contributed by atoms with Crippen molar-refractivity contribution in [1.29, 1.82) is 0 Å². The Morgan fingerprint density at radius 3 is 2.52 bits per heavy atom. The van der Waals surface area contributed by atoms with E-state index >= 15 is 0 Å². The van der Waals surface area contributed by atoms with Crippen molar-refractivity contribution in [3.63, 3.8) is 0 Å². The first kappa shape index (κ1) is 19.5. The molecule has 0 atom stereocenters. The molecule has 4 rings (SSSR count). The van der Waals surface area contributed by atoms with E-state index < -0.39 is 15.6 Å². The van der Waals surface area contributed by atoms with Gasteiger partial charge in [0.15, 0.2) is 11.4 Å². The fourth-order valence-electron chi connectivity index (χ4n) is 3.29. The van der Waals surface area contributed by atoms with E-state index in [9.17, 15) is 18.0 Å². The zero-order valence-electron chi connectivity index (χ0n) is 16.0. The molecular formula is C19H21N3O6S. The molecule has 3 heterocycles. The third-order valence-electron chi connectivity index (χ3n) is 5.01. The van der Waals surface area contributed by atoms with Gasteiger partial charge in [0.1, 0.15) is 5.75 Å². The zero-order chi connectivity index (χ0) is 20.8. The van der Waals surface area contributed by atoms with Crippen LogP contribution in [0.3, 0.4) is 0 Å². The van der Waals surface area contributed by atoms with Crippen LogP contribution in [0.5, 0.6) is 5.75 Å². The lowest BCUT2D eigenvalue weighted by molar-refractivity contribution is -0.129. The van der Waals surface area contributed by atoms with Crippen LogP contribution >= 0.6 is 0 Å². The van der Waals surface area contributed by atoms with Crippen molar-refractivity contribution in [2.24, 2.45) is 0 Å². The number of nitrogens with zero attached hydrogens (tertiary/aromatic N) is 2. The summed E-state index contributed by atoms with van der Waals surface area (Å²) in [6.45, 7) is 4.14. The largest absolute Gasteiger partial charge is 0.476 e. The van der Waals surface area contributed by atoms with E-state index in [4.69, 9.17) is 9.15 Å². The topological polar surface area (TPSA) is 109 Å². The van der Waals surface area contributed by atoms with E-state index in [2.05, 4.69) is 5.32 Å². The molecule has 0 spiro atoms. The molecule has 1 saturated heterocycles. The maximum absolute atomic E-state index is 13.0. The van der Waals surface area contributed by atoms with Crippen LogP contribution in [0.4, 0.5) is 5.69 Å². The molecule has 1 N–H and O–H groups in total. The van der Waals surface area contributed by atoms with E-state index in [1.165, 1.54) is 22.7 Å². The summed E-state index contributed by atoms with van der Waals surface area (Å²) in [6.07, 6.45) is 1.42. The zero-order valence-corrected chi connectivity index (χ0v) is 16.9. The number of amides is 2. The molecule has 1 fully saturated rings. The van der Waals surface area contributed by atoms with Crippen molar-refractivity contribution in [3.8, 4) is 5.75 Å². The van der Waals surface area contributed by atoms with Crippen molar-refractivity contribution in [1.82, 2.24) is 9.21 Å². The highest BCUT2D eigenvalue weighted by atomic mass is 32.2. The van der Waals surface area contributed by atoms with E-state index in [0.29, 0.717) is 11.4 Å². The molecule has 2 aliphatic heterocycles. The van der Waals surface area contributed by atoms with Crippen LogP contribution < -0.4 is 10.1 Å². The Balaban J connectivity index is 1.49. The molecule has 0 saturated carbocycles. The first-order chi connectivity index (χ1) is 13.7. The third-order valence-corrected chi connectivity index (χ3v) is 6.90. The predicted molar refractivity (Wildman–Crippen MR) is 103 cm³/mol. The minimum absolute atomic E-state index is 0.0608. The summed E-state index contributed by atoms with van der Waals surface area (Å²) in [4.78, 5) is 26.1. The summed E-state index contributed by atoms with van der Waals surface area (Å²) < 4.78 is 38.2. The molecule has 10 heteroatoms. The number of sulfonamides is 1. The molecule has 1 aromatic carbocycles. The Morgan fingerprint density at radius 2 is 1.86 bits per heavy atom. The molecule has 1 aromatic heterocycles. The van der Waals surface area contributed by atoms with E-state index in [1.54, 1.807) is 36.9 Å². The lowest BCUT2D eigenvalue weighted by atomic mass is 10.1. The Morgan fingerprint density at radius 1 is 1.14 bits per heavy atom. The Kier molecular flexibility index (Phi) is 4.62. The van der Waals surface area contributed by atoms with E-state index in [0.717, 1.165) is 0 Å². The smallest absolute Gasteiger partial charge is 0.289 e. The molecular weight excluding hydrogens is 398 g/mol. The van der Waals surface area contributed by atoms with Gasteiger partial charge in [0.2, 0.25) is 10.0 Å². The lowest BCUT2D eigenvalue weighted by Gasteiger charge is -2.34. The van der Waals surface area contributed by atoms with Gasteiger partial charge in [-0.2, -0.15) is 4.31 Å². The maximum atomic E-state index is 13.0. The average molecular weight is 419 g/mol. The second kappa shape index (κ2) is 6.89. The number of hydrogen-bond donors (Lipinski definition) is 1. The van der Waals surface area contributed by atoms with Crippen molar-refractivity contribution in [3.05, 3.63) is 42.4 Å². The fraction of sp³-hybridized carbons (Fsp3) is 0.368. The molecule has 0 unspecified atom stereocenters. The second-order valence-corrected chi connectivity index (χ2v) is 9.34. The van der Waals surface area contributed by atoms with Gasteiger partial charge in [-0.1, -0.05) is 0 Å². The number of ether oxygens (including phenoxy) is 1. The van der Waals surface area contributed by atoms with Crippen LogP contribution in [0.25, 0.3) is 0 Å². The predicted octanol–water partition coefficient (Wildman–Crippen LogP) is 1.54. The monoisotopic (exact) mass is 419 g/mol. The molecule has 9 nitrogen and oxygen atoms in total. The van der Waals surface area contributed by atoms with Gasteiger partial charge in [-0.3, -0.25) is 9.59 Å². The summed E-state index contributed by atoms with van der Waals surface area (Å²) in [5.41, 5.74) is -0.702. The van der Waals surface area contributed by atoms with E-state index in [-0.39, 0.29) is 48.6 Å². The number of furan rings is 1. The first-order valence-corrected chi connectivity index (χ1v) is 10.6. The van der Waals surface area contributed by atoms with Gasteiger partial charge >= 0.3 is 0 Å². The number of carbonyl (C=O) groups excluding carboxylic acids is 2. The van der Waals surface area contributed by atoms with Crippen molar-refractivity contribution in [2.75, 3.05) is 31.5 Å². The van der Waals surface area contributed by atoms with E-state index in [1.807, 2.05) is 0 Å². The number of hydrogen-bond acceptors (Lipinski definition) is 6. The van der Waals surface area contributed by atoms with Gasteiger partial charge < -0.3 is 19.4 Å². The highest BCUT2D eigenvalue weighted by Crippen LogP contribution is 2.35. The van der Waals surface area contributed by atoms with Crippen LogP contribution in [0.1, 0.15) is 24.4 Å². The maximum Gasteiger partial charge on any atom is 0.289 e. The van der Waals surface area contributed by atoms with Crippen LogP contribution in [-0.2, 0) is 14.8 Å². The minimum Gasteiger partial charge on any atom is -0.476 e. The first-order valence-electron chi connectivity index (χ1n) is 9.16. The molecule has 2 amide bonds. The molecule has 2 aliphatic rings. The normalized spacial score (nSPS) is 19.2. The van der Waals surface area contributed by atoms with Crippen molar-refractivity contribution < 1.29 is 27.2 Å². The average Bonchev–Trinajstić information content (AvgIpc) is 3.22. The van der Waals surface area contributed by atoms with Crippen LogP contribution in [0, 0.1) is 0 Å². The summed E-state index contributed by atoms with van der Waals surface area (Å²) in [5.74, 6) is 0.0463. The summed E-state index contributed by atoms with van der Waals surface area (Å²) >= 11 is 0. The standard InChI is InChI=1S/C19H21N3O6S/c1-19(2)18(24)20-14-12-13(5-6-15(14)28-19)29(25,26)22-9-7-21(8-10-22)17(23)16-4-3-11-27-16/h3-6,11-12H,7-10H2,1-2H3,(H,20,24).